The Morgan fingerprint density at radius 1 is 1.16 bits per heavy atom. The van der Waals surface area contributed by atoms with Crippen LogP contribution in [0.4, 0.5) is 4.39 Å². The van der Waals surface area contributed by atoms with Gasteiger partial charge in [-0.15, -0.1) is 0 Å². The smallest absolute Gasteiger partial charge is 0.295 e. The number of rotatable bonds is 6. The molecule has 0 bridgehead atoms. The van der Waals surface area contributed by atoms with Crippen LogP contribution in [0.15, 0.2) is 54.2 Å². The summed E-state index contributed by atoms with van der Waals surface area (Å²) in [4.78, 5) is 33.9. The number of likely N-dealkylation sites (tertiary alicyclic amines) is 1. The quantitative estimate of drug-likeness (QED) is 0.365. The maximum atomic E-state index is 14.9. The van der Waals surface area contributed by atoms with Crippen molar-refractivity contribution < 1.29 is 19.1 Å². The van der Waals surface area contributed by atoms with Gasteiger partial charge in [0.15, 0.2) is 5.76 Å². The number of ketones is 1. The van der Waals surface area contributed by atoms with Crippen LogP contribution < -0.4 is 0 Å². The van der Waals surface area contributed by atoms with Gasteiger partial charge in [0.2, 0.25) is 0 Å². The Labute approximate surface area is 185 Å². The Hall–Kier alpha value is -3.52. The first-order chi connectivity index (χ1) is 15.3. The zero-order valence-corrected chi connectivity index (χ0v) is 18.2. The van der Waals surface area contributed by atoms with Crippen molar-refractivity contribution in [2.75, 3.05) is 27.2 Å². The molecule has 8 heteroatoms. The van der Waals surface area contributed by atoms with Crippen molar-refractivity contribution >= 4 is 23.1 Å². The highest BCUT2D eigenvalue weighted by atomic mass is 19.1. The molecule has 4 rings (SSSR count). The molecule has 0 radical (unpaired) electrons. The molecule has 1 saturated heterocycles. The number of halogens is 1. The third-order valence-electron chi connectivity index (χ3n) is 5.67. The number of benzene rings is 1. The van der Waals surface area contributed by atoms with E-state index in [4.69, 9.17) is 0 Å². The summed E-state index contributed by atoms with van der Waals surface area (Å²) in [6.45, 7) is 2.66. The van der Waals surface area contributed by atoms with E-state index in [2.05, 4.69) is 4.98 Å². The Morgan fingerprint density at radius 2 is 1.88 bits per heavy atom. The lowest BCUT2D eigenvalue weighted by Crippen LogP contribution is -2.32. The fourth-order valence-corrected chi connectivity index (χ4v) is 4.21. The fourth-order valence-electron chi connectivity index (χ4n) is 4.21. The monoisotopic (exact) mass is 436 g/mol. The molecule has 0 spiro atoms. The van der Waals surface area contributed by atoms with Crippen LogP contribution in [0, 0.1) is 12.7 Å². The van der Waals surface area contributed by atoms with Crippen LogP contribution in [0.3, 0.4) is 0 Å². The normalized spacial score (nSPS) is 18.3. The second-order valence-corrected chi connectivity index (χ2v) is 8.15. The Kier molecular flexibility index (Phi) is 5.80. The average molecular weight is 436 g/mol. The number of hydrogen-bond acceptors (Lipinski definition) is 5. The highest BCUT2D eigenvalue weighted by molar-refractivity contribution is 6.46. The second kappa shape index (κ2) is 8.55. The first kappa shape index (κ1) is 21.7. The fraction of sp³-hybridized carbons (Fsp3) is 0.292. The zero-order chi connectivity index (χ0) is 23.0. The summed E-state index contributed by atoms with van der Waals surface area (Å²) in [7, 11) is 3.83. The maximum Gasteiger partial charge on any atom is 0.295 e. The van der Waals surface area contributed by atoms with Crippen molar-refractivity contribution in [3.05, 3.63) is 77.0 Å². The van der Waals surface area contributed by atoms with Crippen molar-refractivity contribution in [3.8, 4) is 0 Å². The van der Waals surface area contributed by atoms with E-state index < -0.39 is 23.5 Å². The number of nitrogens with zero attached hydrogens (tertiary/aromatic N) is 4. The van der Waals surface area contributed by atoms with Crippen molar-refractivity contribution in [2.45, 2.75) is 19.4 Å². The lowest BCUT2D eigenvalue weighted by molar-refractivity contribution is -0.140. The van der Waals surface area contributed by atoms with E-state index in [9.17, 15) is 19.1 Å². The lowest BCUT2D eigenvalue weighted by atomic mass is 9.95. The Morgan fingerprint density at radius 3 is 2.59 bits per heavy atom. The minimum absolute atomic E-state index is 0.126. The summed E-state index contributed by atoms with van der Waals surface area (Å²) in [5.74, 6) is -2.48. The number of aliphatic hydroxyl groups is 1. The summed E-state index contributed by atoms with van der Waals surface area (Å²) >= 11 is 0. The molecular weight excluding hydrogens is 411 g/mol. The second-order valence-electron chi connectivity index (χ2n) is 8.15. The van der Waals surface area contributed by atoms with Gasteiger partial charge in [0.25, 0.3) is 11.7 Å². The van der Waals surface area contributed by atoms with E-state index >= 15 is 0 Å². The number of pyridine rings is 1. The van der Waals surface area contributed by atoms with E-state index in [0.717, 1.165) is 0 Å². The van der Waals surface area contributed by atoms with Gasteiger partial charge in [-0.25, -0.2) is 9.37 Å². The molecular formula is C24H25FN4O3. The predicted octanol–water partition coefficient (Wildman–Crippen LogP) is 3.16. The van der Waals surface area contributed by atoms with Crippen molar-refractivity contribution in [1.82, 2.24) is 19.2 Å². The van der Waals surface area contributed by atoms with Gasteiger partial charge in [0.1, 0.15) is 17.2 Å². The van der Waals surface area contributed by atoms with Crippen LogP contribution in [0.2, 0.25) is 0 Å². The SMILES string of the molecule is Cc1nc2ccccn2c1C(O)=C1C(=O)C(=O)N(CCCN(C)C)[C@H]1c1ccccc1F. The number of Topliss-reactive ketones (excluding diaryl/α,β-unsaturated/α-hetero) is 1. The van der Waals surface area contributed by atoms with Gasteiger partial charge in [-0.2, -0.15) is 0 Å². The number of carbonyl (C=O) groups is 2. The highest BCUT2D eigenvalue weighted by Gasteiger charge is 2.47. The largest absolute Gasteiger partial charge is 0.505 e. The molecule has 1 aromatic carbocycles. The number of aliphatic hydroxyl groups excluding tert-OH is 1. The molecule has 2 aromatic heterocycles. The Balaban J connectivity index is 1.90. The minimum Gasteiger partial charge on any atom is -0.505 e. The molecule has 166 valence electrons. The lowest BCUT2D eigenvalue weighted by Gasteiger charge is -2.26. The molecule has 0 unspecified atom stereocenters. The van der Waals surface area contributed by atoms with E-state index in [1.807, 2.05) is 25.1 Å². The number of fused-ring (bicyclic) bond motifs is 1. The summed E-state index contributed by atoms with van der Waals surface area (Å²) in [5, 5.41) is 11.3. The first-order valence-electron chi connectivity index (χ1n) is 10.4. The molecule has 1 aliphatic heterocycles. The third kappa shape index (κ3) is 3.67. The number of aryl methyl sites for hydroxylation is 1. The number of carbonyl (C=O) groups excluding carboxylic acids is 2. The molecule has 3 aromatic rings. The zero-order valence-electron chi connectivity index (χ0n) is 18.2. The van der Waals surface area contributed by atoms with Gasteiger partial charge in [0, 0.05) is 18.3 Å². The van der Waals surface area contributed by atoms with E-state index in [1.54, 1.807) is 47.9 Å². The van der Waals surface area contributed by atoms with Gasteiger partial charge in [-0.3, -0.25) is 14.0 Å². The van der Waals surface area contributed by atoms with Gasteiger partial charge >= 0.3 is 0 Å². The number of aromatic nitrogens is 2. The van der Waals surface area contributed by atoms with Crippen molar-refractivity contribution in [3.63, 3.8) is 0 Å². The van der Waals surface area contributed by atoms with Gasteiger partial charge < -0.3 is 14.9 Å². The molecule has 7 nitrogen and oxygen atoms in total. The van der Waals surface area contributed by atoms with Crippen molar-refractivity contribution in [2.24, 2.45) is 0 Å². The minimum atomic E-state index is -1.02. The van der Waals surface area contributed by atoms with Crippen LogP contribution in [0.1, 0.15) is 29.4 Å². The third-order valence-corrected chi connectivity index (χ3v) is 5.67. The molecule has 1 N–H and O–H groups in total. The molecule has 1 amide bonds. The molecule has 1 atom stereocenters. The van der Waals surface area contributed by atoms with Crippen LogP contribution in [0.25, 0.3) is 11.4 Å². The molecule has 0 saturated carbocycles. The number of hydrogen-bond donors (Lipinski definition) is 1. The standard InChI is InChI=1S/C24H25FN4O3/c1-15-20(28-13-7-6-11-18(28)26-15)22(30)19-21(16-9-4-5-10-17(16)25)29(24(32)23(19)31)14-8-12-27(2)3/h4-7,9-11,13,21,30H,8,12,14H2,1-3H3/t21-/m0/s1. The summed E-state index contributed by atoms with van der Waals surface area (Å²) in [6, 6.07) is 10.4. The maximum absolute atomic E-state index is 14.9. The molecule has 1 aliphatic rings. The Bertz CT molecular complexity index is 1230. The molecule has 0 aliphatic carbocycles. The predicted molar refractivity (Wildman–Crippen MR) is 119 cm³/mol. The average Bonchev–Trinajstić information content (AvgIpc) is 3.22. The molecule has 32 heavy (non-hydrogen) atoms. The highest BCUT2D eigenvalue weighted by Crippen LogP contribution is 2.40. The van der Waals surface area contributed by atoms with Crippen LogP contribution in [-0.2, 0) is 9.59 Å². The number of imidazole rings is 1. The van der Waals surface area contributed by atoms with Gasteiger partial charge in [0.05, 0.1) is 17.3 Å². The van der Waals surface area contributed by atoms with Crippen molar-refractivity contribution in [1.29, 1.82) is 0 Å². The van der Waals surface area contributed by atoms with Crippen LogP contribution in [-0.4, -0.2) is 63.2 Å². The molecule has 3 heterocycles. The van der Waals surface area contributed by atoms with E-state index in [1.165, 1.54) is 11.0 Å². The first-order valence-corrected chi connectivity index (χ1v) is 10.4. The van der Waals surface area contributed by atoms with Crippen LogP contribution >= 0.6 is 0 Å². The summed E-state index contributed by atoms with van der Waals surface area (Å²) in [6.07, 6.45) is 2.31. The number of amides is 1. The topological polar surface area (TPSA) is 78.1 Å². The van der Waals surface area contributed by atoms with E-state index in [0.29, 0.717) is 30.0 Å². The van der Waals surface area contributed by atoms with Crippen LogP contribution in [0.5, 0.6) is 0 Å². The van der Waals surface area contributed by atoms with Gasteiger partial charge in [-0.05, 0) is 52.2 Å². The van der Waals surface area contributed by atoms with E-state index in [-0.39, 0.29) is 23.4 Å². The summed E-state index contributed by atoms with van der Waals surface area (Å²) < 4.78 is 16.5. The van der Waals surface area contributed by atoms with Gasteiger partial charge in [-0.1, -0.05) is 24.3 Å². The summed E-state index contributed by atoms with van der Waals surface area (Å²) in [5.41, 5.74) is 1.45. The molecule has 1 fully saturated rings.